The van der Waals surface area contributed by atoms with Crippen LogP contribution in [0.25, 0.3) is 0 Å². The quantitative estimate of drug-likeness (QED) is 0.912. The number of hydrogen-bond acceptors (Lipinski definition) is 3. The zero-order valence-corrected chi connectivity index (χ0v) is 13.4. The number of aromatic nitrogens is 1. The van der Waals surface area contributed by atoms with E-state index in [9.17, 15) is 18.0 Å². The molecule has 2 rings (SSSR count). The Bertz CT molecular complexity index is 697. The molecule has 0 unspecified atom stereocenters. The lowest BCUT2D eigenvalue weighted by Gasteiger charge is -2.14. The van der Waals surface area contributed by atoms with Crippen LogP contribution in [0.2, 0.25) is 0 Å². The largest absolute Gasteiger partial charge is 0.433 e. The molecule has 2 aromatic rings. The smallest absolute Gasteiger partial charge is 0.348 e. The maximum Gasteiger partial charge on any atom is 0.433 e. The van der Waals surface area contributed by atoms with Crippen LogP contribution in [0.15, 0.2) is 42.6 Å². The van der Waals surface area contributed by atoms with E-state index >= 15 is 0 Å². The van der Waals surface area contributed by atoms with Crippen LogP contribution in [0, 0.1) is 0 Å². The summed E-state index contributed by atoms with van der Waals surface area (Å²) < 4.78 is 37.4. The van der Waals surface area contributed by atoms with E-state index in [1.165, 1.54) is 0 Å². The van der Waals surface area contributed by atoms with Crippen molar-refractivity contribution in [2.75, 3.05) is 14.1 Å². The van der Waals surface area contributed by atoms with Crippen molar-refractivity contribution in [2.24, 2.45) is 0 Å². The van der Waals surface area contributed by atoms with Gasteiger partial charge in [-0.1, -0.05) is 24.3 Å². The predicted molar refractivity (Wildman–Crippen MR) is 84.2 cm³/mol. The molecule has 24 heavy (non-hydrogen) atoms. The third-order valence-electron chi connectivity index (χ3n) is 3.36. The van der Waals surface area contributed by atoms with E-state index in [1.807, 2.05) is 43.3 Å². The summed E-state index contributed by atoms with van der Waals surface area (Å²) in [5, 5.41) is 2.71. The maximum atomic E-state index is 12.5. The van der Waals surface area contributed by atoms with Gasteiger partial charge in [0.1, 0.15) is 5.69 Å². The SMILES string of the molecule is CN(C)Cc1ccccc1CNC(=O)c1ccc(C(F)(F)F)nc1. The molecular formula is C17H18F3N3O. The first-order valence-electron chi connectivity index (χ1n) is 7.30. The van der Waals surface area contributed by atoms with Gasteiger partial charge in [-0.05, 0) is 37.4 Å². The molecule has 1 N–H and O–H groups in total. The molecule has 0 aliphatic carbocycles. The van der Waals surface area contributed by atoms with Gasteiger partial charge < -0.3 is 10.2 Å². The molecule has 0 saturated heterocycles. The summed E-state index contributed by atoms with van der Waals surface area (Å²) in [6.45, 7) is 1.03. The number of carbonyl (C=O) groups excluding carboxylic acids is 1. The van der Waals surface area contributed by atoms with Crippen LogP contribution < -0.4 is 5.32 Å². The number of benzene rings is 1. The number of rotatable bonds is 5. The fraction of sp³-hybridized carbons (Fsp3) is 0.294. The molecule has 1 aromatic heterocycles. The minimum atomic E-state index is -4.51. The minimum absolute atomic E-state index is 0.0908. The summed E-state index contributed by atoms with van der Waals surface area (Å²) in [5.41, 5.74) is 1.11. The van der Waals surface area contributed by atoms with E-state index in [1.54, 1.807) is 0 Å². The van der Waals surface area contributed by atoms with Crippen molar-refractivity contribution in [3.63, 3.8) is 0 Å². The Morgan fingerprint density at radius 1 is 1.12 bits per heavy atom. The van der Waals surface area contributed by atoms with Crippen LogP contribution in [0.1, 0.15) is 27.2 Å². The Morgan fingerprint density at radius 3 is 2.33 bits per heavy atom. The monoisotopic (exact) mass is 337 g/mol. The van der Waals surface area contributed by atoms with Gasteiger partial charge in [0.2, 0.25) is 0 Å². The topological polar surface area (TPSA) is 45.2 Å². The number of hydrogen-bond donors (Lipinski definition) is 1. The average Bonchev–Trinajstić information content (AvgIpc) is 2.52. The summed E-state index contributed by atoms with van der Waals surface area (Å²) in [5.74, 6) is -0.462. The number of pyridine rings is 1. The molecule has 0 saturated carbocycles. The summed E-state index contributed by atoms with van der Waals surface area (Å²) in [4.78, 5) is 17.4. The van der Waals surface area contributed by atoms with Gasteiger partial charge in [-0.2, -0.15) is 13.2 Å². The molecule has 0 bridgehead atoms. The third kappa shape index (κ3) is 4.79. The lowest BCUT2D eigenvalue weighted by atomic mass is 10.1. The molecule has 0 atom stereocenters. The number of alkyl halides is 3. The Kier molecular flexibility index (Phi) is 5.56. The summed E-state index contributed by atoms with van der Waals surface area (Å²) in [6, 6.07) is 9.60. The van der Waals surface area contributed by atoms with Gasteiger partial charge in [-0.15, -0.1) is 0 Å². The van der Waals surface area contributed by atoms with Crippen LogP contribution in [0.5, 0.6) is 0 Å². The minimum Gasteiger partial charge on any atom is -0.348 e. The van der Waals surface area contributed by atoms with E-state index in [-0.39, 0.29) is 5.56 Å². The molecule has 1 heterocycles. The van der Waals surface area contributed by atoms with Crippen molar-refractivity contribution in [1.82, 2.24) is 15.2 Å². The molecule has 0 radical (unpaired) electrons. The first kappa shape index (κ1) is 17.9. The molecule has 1 amide bonds. The first-order chi connectivity index (χ1) is 11.3. The summed E-state index contributed by atoms with van der Waals surface area (Å²) in [7, 11) is 3.90. The van der Waals surface area contributed by atoms with Gasteiger partial charge in [0.15, 0.2) is 0 Å². The van der Waals surface area contributed by atoms with Gasteiger partial charge in [-0.3, -0.25) is 9.78 Å². The number of carbonyl (C=O) groups is 1. The van der Waals surface area contributed by atoms with Crippen LogP contribution in [-0.2, 0) is 19.3 Å². The molecule has 0 aliphatic rings. The molecule has 7 heteroatoms. The highest BCUT2D eigenvalue weighted by molar-refractivity contribution is 5.93. The van der Waals surface area contributed by atoms with Crippen LogP contribution in [0.4, 0.5) is 13.2 Å². The van der Waals surface area contributed by atoms with Crippen molar-refractivity contribution < 1.29 is 18.0 Å². The van der Waals surface area contributed by atoms with E-state index in [4.69, 9.17) is 0 Å². The van der Waals surface area contributed by atoms with E-state index in [0.717, 1.165) is 36.0 Å². The lowest BCUT2D eigenvalue weighted by Crippen LogP contribution is -2.24. The van der Waals surface area contributed by atoms with Gasteiger partial charge in [0.05, 0.1) is 5.56 Å². The standard InChI is InChI=1S/C17H18F3N3O/c1-23(2)11-14-6-4-3-5-12(14)9-22-16(24)13-7-8-15(21-10-13)17(18,19)20/h3-8,10H,9,11H2,1-2H3,(H,22,24). The van der Waals surface area contributed by atoms with E-state index in [2.05, 4.69) is 10.3 Å². The van der Waals surface area contributed by atoms with Crippen molar-refractivity contribution in [3.05, 3.63) is 65.0 Å². The van der Waals surface area contributed by atoms with Crippen molar-refractivity contribution in [3.8, 4) is 0 Å². The highest BCUT2D eigenvalue weighted by Crippen LogP contribution is 2.27. The lowest BCUT2D eigenvalue weighted by molar-refractivity contribution is -0.141. The molecule has 1 aromatic carbocycles. The number of nitrogens with zero attached hydrogens (tertiary/aromatic N) is 2. The van der Waals surface area contributed by atoms with Gasteiger partial charge in [0, 0.05) is 19.3 Å². The highest BCUT2D eigenvalue weighted by atomic mass is 19.4. The Labute approximate surface area is 138 Å². The molecule has 128 valence electrons. The fourth-order valence-corrected chi connectivity index (χ4v) is 2.20. The second kappa shape index (κ2) is 7.44. The third-order valence-corrected chi connectivity index (χ3v) is 3.36. The molecule has 0 fully saturated rings. The van der Waals surface area contributed by atoms with Crippen molar-refractivity contribution in [1.29, 1.82) is 0 Å². The van der Waals surface area contributed by atoms with Crippen LogP contribution in [0.3, 0.4) is 0 Å². The van der Waals surface area contributed by atoms with Gasteiger partial charge in [-0.25, -0.2) is 0 Å². The fourth-order valence-electron chi connectivity index (χ4n) is 2.20. The van der Waals surface area contributed by atoms with Gasteiger partial charge >= 0.3 is 6.18 Å². The van der Waals surface area contributed by atoms with Gasteiger partial charge in [0.25, 0.3) is 5.91 Å². The number of amides is 1. The maximum absolute atomic E-state index is 12.5. The number of nitrogens with one attached hydrogen (secondary N) is 1. The summed E-state index contributed by atoms with van der Waals surface area (Å²) >= 11 is 0. The Hall–Kier alpha value is -2.41. The molecular weight excluding hydrogens is 319 g/mol. The molecule has 0 aliphatic heterocycles. The zero-order valence-electron chi connectivity index (χ0n) is 13.4. The first-order valence-corrected chi connectivity index (χ1v) is 7.30. The normalized spacial score (nSPS) is 11.6. The molecule has 0 spiro atoms. The van der Waals surface area contributed by atoms with Crippen LogP contribution in [-0.4, -0.2) is 29.9 Å². The summed E-state index contributed by atoms with van der Waals surface area (Å²) in [6.07, 6.45) is -3.58. The van der Waals surface area contributed by atoms with Crippen molar-refractivity contribution >= 4 is 5.91 Å². The van der Waals surface area contributed by atoms with Crippen molar-refractivity contribution in [2.45, 2.75) is 19.3 Å². The second-order valence-electron chi connectivity index (χ2n) is 5.62. The Balaban J connectivity index is 2.03. The van der Waals surface area contributed by atoms with Crippen LogP contribution >= 0.6 is 0 Å². The molecule has 4 nitrogen and oxygen atoms in total. The van der Waals surface area contributed by atoms with E-state index < -0.39 is 17.8 Å². The average molecular weight is 337 g/mol. The Morgan fingerprint density at radius 2 is 1.79 bits per heavy atom. The number of halogens is 3. The second-order valence-corrected chi connectivity index (χ2v) is 5.62. The predicted octanol–water partition coefficient (Wildman–Crippen LogP) is 3.09. The van der Waals surface area contributed by atoms with E-state index in [0.29, 0.717) is 6.54 Å². The highest BCUT2D eigenvalue weighted by Gasteiger charge is 2.32. The zero-order chi connectivity index (χ0) is 17.7.